The maximum atomic E-state index is 11.0. The molecule has 3 rings (SSSR count). The minimum Gasteiger partial charge on any atom is -0.314 e. The zero-order valence-corrected chi connectivity index (χ0v) is 15.6. The Bertz CT molecular complexity index is 677. The van der Waals surface area contributed by atoms with E-state index >= 15 is 0 Å². The van der Waals surface area contributed by atoms with Crippen LogP contribution in [0.25, 0.3) is 0 Å². The van der Waals surface area contributed by atoms with Crippen LogP contribution in [0.2, 0.25) is 0 Å². The molecular weight excluding hydrogens is 332 g/mol. The van der Waals surface area contributed by atoms with Gasteiger partial charge in [-0.05, 0) is 30.4 Å². The van der Waals surface area contributed by atoms with Crippen molar-refractivity contribution in [3.8, 4) is 0 Å². The summed E-state index contributed by atoms with van der Waals surface area (Å²) in [5.41, 5.74) is 3.78. The molecule has 25 heavy (non-hydrogen) atoms. The smallest absolute Gasteiger partial charge is 0.223 e. The number of rotatable bonds is 7. The molecule has 1 aromatic heterocycles. The highest BCUT2D eigenvalue weighted by molar-refractivity contribution is 7.13. The Balaban J connectivity index is 1.44. The number of thiazole rings is 1. The molecule has 2 heterocycles. The van der Waals surface area contributed by atoms with Crippen molar-refractivity contribution in [2.75, 3.05) is 38.0 Å². The number of carbonyl (C=O) groups is 1. The lowest BCUT2D eigenvalue weighted by Gasteiger charge is -2.27. The molecule has 2 aromatic rings. The first-order valence-corrected chi connectivity index (χ1v) is 9.80. The second-order valence-electron chi connectivity index (χ2n) is 6.48. The fourth-order valence-corrected chi connectivity index (χ4v) is 3.79. The number of anilines is 1. The summed E-state index contributed by atoms with van der Waals surface area (Å²) < 4.78 is 0. The molecule has 0 saturated carbocycles. The molecule has 1 aliphatic heterocycles. The summed E-state index contributed by atoms with van der Waals surface area (Å²) in [6.07, 6.45) is 2.99. The molecule has 1 aromatic carbocycles. The maximum Gasteiger partial charge on any atom is 0.223 e. The molecule has 2 N–H and O–H groups in total. The third-order valence-electron chi connectivity index (χ3n) is 4.45. The summed E-state index contributed by atoms with van der Waals surface area (Å²) in [6.45, 7) is 7.19. The summed E-state index contributed by atoms with van der Waals surface area (Å²) >= 11 is 1.48. The van der Waals surface area contributed by atoms with E-state index in [1.165, 1.54) is 29.4 Å². The van der Waals surface area contributed by atoms with Crippen molar-refractivity contribution >= 4 is 22.4 Å². The molecule has 1 aliphatic rings. The van der Waals surface area contributed by atoms with Gasteiger partial charge in [0, 0.05) is 45.0 Å². The average molecular weight is 359 g/mol. The minimum absolute atomic E-state index is 0.0719. The van der Waals surface area contributed by atoms with Crippen molar-refractivity contribution in [3.05, 3.63) is 46.5 Å². The van der Waals surface area contributed by atoms with Gasteiger partial charge >= 0.3 is 0 Å². The van der Waals surface area contributed by atoms with Gasteiger partial charge in [-0.3, -0.25) is 4.79 Å². The van der Waals surface area contributed by atoms with Crippen LogP contribution >= 0.6 is 11.3 Å². The fourth-order valence-electron chi connectivity index (χ4n) is 3.00. The predicted octanol–water partition coefficient (Wildman–Crippen LogP) is 2.33. The fraction of sp³-hybridized carbons (Fsp3) is 0.474. The zero-order chi connectivity index (χ0) is 17.5. The minimum atomic E-state index is -0.0719. The van der Waals surface area contributed by atoms with E-state index in [2.05, 4.69) is 44.8 Å². The molecule has 1 fully saturated rings. The summed E-state index contributed by atoms with van der Waals surface area (Å²) in [5, 5.41) is 8.83. The number of aromatic nitrogens is 1. The van der Waals surface area contributed by atoms with Gasteiger partial charge in [-0.15, -0.1) is 11.3 Å². The SMILES string of the molecule is CC(=O)Nc1nc(CCc2ccc(CCN3CCNCC3)cc2)cs1. The Morgan fingerprint density at radius 2 is 1.84 bits per heavy atom. The zero-order valence-electron chi connectivity index (χ0n) is 14.8. The Labute approximate surface area is 153 Å². The number of nitrogens with zero attached hydrogens (tertiary/aromatic N) is 2. The van der Waals surface area contributed by atoms with Crippen LogP contribution in [0, 0.1) is 0 Å². The summed E-state index contributed by atoms with van der Waals surface area (Å²) in [4.78, 5) is 18.0. The highest BCUT2D eigenvalue weighted by Crippen LogP contribution is 2.17. The number of hydrogen-bond donors (Lipinski definition) is 2. The number of aryl methyl sites for hydroxylation is 2. The number of amides is 1. The van der Waals surface area contributed by atoms with Crippen LogP contribution in [0.4, 0.5) is 5.13 Å². The van der Waals surface area contributed by atoms with Gasteiger partial charge in [-0.2, -0.15) is 0 Å². The normalized spacial score (nSPS) is 15.2. The lowest BCUT2D eigenvalue weighted by molar-refractivity contribution is -0.114. The topological polar surface area (TPSA) is 57.3 Å². The number of piperazine rings is 1. The van der Waals surface area contributed by atoms with Crippen LogP contribution in [0.1, 0.15) is 23.7 Å². The first-order chi connectivity index (χ1) is 12.2. The molecule has 0 aliphatic carbocycles. The maximum absolute atomic E-state index is 11.0. The predicted molar refractivity (Wildman–Crippen MR) is 103 cm³/mol. The Morgan fingerprint density at radius 3 is 2.52 bits per heavy atom. The van der Waals surface area contributed by atoms with E-state index in [0.717, 1.165) is 57.7 Å². The number of benzene rings is 1. The number of nitrogens with one attached hydrogen (secondary N) is 2. The summed E-state index contributed by atoms with van der Waals surface area (Å²) in [6, 6.07) is 8.96. The molecule has 0 atom stereocenters. The Morgan fingerprint density at radius 1 is 1.16 bits per heavy atom. The molecule has 6 heteroatoms. The van der Waals surface area contributed by atoms with E-state index in [1.54, 1.807) is 0 Å². The first-order valence-electron chi connectivity index (χ1n) is 8.92. The van der Waals surface area contributed by atoms with Gasteiger partial charge in [0.1, 0.15) is 0 Å². The van der Waals surface area contributed by atoms with Crippen LogP contribution in [-0.2, 0) is 24.1 Å². The van der Waals surface area contributed by atoms with Crippen LogP contribution in [0.3, 0.4) is 0 Å². The first kappa shape index (κ1) is 18.0. The van der Waals surface area contributed by atoms with E-state index in [0.29, 0.717) is 5.13 Å². The summed E-state index contributed by atoms with van der Waals surface area (Å²) in [7, 11) is 0. The van der Waals surface area contributed by atoms with Crippen LogP contribution < -0.4 is 10.6 Å². The Kier molecular flexibility index (Phi) is 6.55. The number of hydrogen-bond acceptors (Lipinski definition) is 5. The molecule has 134 valence electrons. The van der Waals surface area contributed by atoms with Crippen molar-refractivity contribution in [2.45, 2.75) is 26.2 Å². The van der Waals surface area contributed by atoms with E-state index in [1.807, 2.05) is 5.38 Å². The Hall–Kier alpha value is -1.76. The highest BCUT2D eigenvalue weighted by atomic mass is 32.1. The number of carbonyl (C=O) groups excluding carboxylic acids is 1. The van der Waals surface area contributed by atoms with Crippen molar-refractivity contribution < 1.29 is 4.79 Å². The molecule has 1 amide bonds. The molecule has 0 bridgehead atoms. The van der Waals surface area contributed by atoms with Crippen molar-refractivity contribution in [3.63, 3.8) is 0 Å². The molecule has 0 unspecified atom stereocenters. The van der Waals surface area contributed by atoms with Gasteiger partial charge < -0.3 is 15.5 Å². The second-order valence-corrected chi connectivity index (χ2v) is 7.34. The van der Waals surface area contributed by atoms with Crippen LogP contribution in [0.5, 0.6) is 0 Å². The van der Waals surface area contributed by atoms with Gasteiger partial charge in [0.05, 0.1) is 5.69 Å². The van der Waals surface area contributed by atoms with E-state index < -0.39 is 0 Å². The van der Waals surface area contributed by atoms with Crippen LogP contribution in [0.15, 0.2) is 29.6 Å². The summed E-state index contributed by atoms with van der Waals surface area (Å²) in [5.74, 6) is -0.0719. The third kappa shape index (κ3) is 5.92. The largest absolute Gasteiger partial charge is 0.314 e. The van der Waals surface area contributed by atoms with Crippen molar-refractivity contribution in [1.82, 2.24) is 15.2 Å². The van der Waals surface area contributed by atoms with Crippen molar-refractivity contribution in [1.29, 1.82) is 0 Å². The second kappa shape index (κ2) is 9.08. The third-order valence-corrected chi connectivity index (χ3v) is 5.26. The van der Waals surface area contributed by atoms with Crippen LogP contribution in [-0.4, -0.2) is 48.5 Å². The van der Waals surface area contributed by atoms with E-state index in [-0.39, 0.29) is 5.91 Å². The lowest BCUT2D eigenvalue weighted by Crippen LogP contribution is -2.44. The van der Waals surface area contributed by atoms with Gasteiger partial charge in [0.25, 0.3) is 0 Å². The molecular formula is C19H26N4OS. The molecule has 5 nitrogen and oxygen atoms in total. The lowest BCUT2D eigenvalue weighted by atomic mass is 10.0. The van der Waals surface area contributed by atoms with E-state index in [4.69, 9.17) is 0 Å². The monoisotopic (exact) mass is 358 g/mol. The average Bonchev–Trinajstić information content (AvgIpc) is 3.06. The van der Waals surface area contributed by atoms with Gasteiger partial charge in [0.2, 0.25) is 5.91 Å². The van der Waals surface area contributed by atoms with Crippen molar-refractivity contribution in [2.24, 2.45) is 0 Å². The van der Waals surface area contributed by atoms with Gasteiger partial charge in [-0.1, -0.05) is 24.3 Å². The highest BCUT2D eigenvalue weighted by Gasteiger charge is 2.09. The molecule has 0 spiro atoms. The quantitative estimate of drug-likeness (QED) is 0.798. The van der Waals surface area contributed by atoms with E-state index in [9.17, 15) is 4.79 Å². The molecule has 1 saturated heterocycles. The van der Waals surface area contributed by atoms with Gasteiger partial charge in [-0.25, -0.2) is 4.98 Å². The standard InChI is InChI=1S/C19H26N4OS/c1-15(24)21-19-22-18(14-25-19)7-6-16-2-4-17(5-3-16)8-11-23-12-9-20-10-13-23/h2-5,14,20H,6-13H2,1H3,(H,21,22,24). The van der Waals surface area contributed by atoms with Gasteiger partial charge in [0.15, 0.2) is 5.13 Å². The molecule has 0 radical (unpaired) electrons.